The van der Waals surface area contributed by atoms with Crippen molar-refractivity contribution in [1.29, 1.82) is 0 Å². The van der Waals surface area contributed by atoms with E-state index < -0.39 is 0 Å². The van der Waals surface area contributed by atoms with E-state index in [2.05, 4.69) is 26.1 Å². The molecule has 1 N–H and O–H groups in total. The Morgan fingerprint density at radius 1 is 1.50 bits per heavy atom. The van der Waals surface area contributed by atoms with E-state index in [0.29, 0.717) is 5.91 Å². The molecule has 0 bridgehead atoms. The number of hydrogen-bond acceptors (Lipinski definition) is 2. The molecule has 3 heteroatoms. The highest BCUT2D eigenvalue weighted by Crippen LogP contribution is 2.39. The van der Waals surface area contributed by atoms with E-state index in [1.54, 1.807) is 0 Å². The molecule has 4 atom stereocenters. The van der Waals surface area contributed by atoms with Crippen LogP contribution in [0.25, 0.3) is 0 Å². The second-order valence-electron chi connectivity index (χ2n) is 4.77. The van der Waals surface area contributed by atoms with E-state index in [1.165, 1.54) is 6.42 Å². The standard InChI is InChI=1S/C11H20N2O/c1-4-10-11(14)13(8(3)12-10)6-9-5-7(9)2/h7-10,12H,4-6H2,1-3H3. The molecule has 0 aromatic rings. The molecule has 0 radical (unpaired) electrons. The van der Waals surface area contributed by atoms with Gasteiger partial charge in [-0.1, -0.05) is 13.8 Å². The van der Waals surface area contributed by atoms with Crippen molar-refractivity contribution in [2.75, 3.05) is 6.54 Å². The molecule has 0 spiro atoms. The van der Waals surface area contributed by atoms with E-state index in [9.17, 15) is 4.79 Å². The predicted molar refractivity (Wildman–Crippen MR) is 55.7 cm³/mol. The zero-order valence-electron chi connectivity index (χ0n) is 9.29. The number of nitrogens with one attached hydrogen (secondary N) is 1. The summed E-state index contributed by atoms with van der Waals surface area (Å²) in [4.78, 5) is 13.9. The molecule has 0 aromatic heterocycles. The third-order valence-electron chi connectivity index (χ3n) is 3.61. The highest BCUT2D eigenvalue weighted by molar-refractivity contribution is 5.84. The lowest BCUT2D eigenvalue weighted by Gasteiger charge is -2.20. The first-order chi connectivity index (χ1) is 6.63. The lowest BCUT2D eigenvalue weighted by Crippen LogP contribution is -2.36. The summed E-state index contributed by atoms with van der Waals surface area (Å²) in [5.74, 6) is 1.90. The molecule has 80 valence electrons. The van der Waals surface area contributed by atoms with Crippen LogP contribution in [0.5, 0.6) is 0 Å². The van der Waals surface area contributed by atoms with Gasteiger partial charge in [0.05, 0.1) is 12.2 Å². The fourth-order valence-electron chi connectivity index (χ4n) is 2.29. The third-order valence-corrected chi connectivity index (χ3v) is 3.61. The third kappa shape index (κ3) is 1.65. The monoisotopic (exact) mass is 196 g/mol. The summed E-state index contributed by atoms with van der Waals surface area (Å²) in [5.41, 5.74) is 0. The summed E-state index contributed by atoms with van der Waals surface area (Å²) >= 11 is 0. The zero-order chi connectivity index (χ0) is 10.3. The number of amides is 1. The van der Waals surface area contributed by atoms with E-state index >= 15 is 0 Å². The Kier molecular flexibility index (Phi) is 2.52. The van der Waals surface area contributed by atoms with Gasteiger partial charge in [-0.05, 0) is 31.6 Å². The summed E-state index contributed by atoms with van der Waals surface area (Å²) < 4.78 is 0. The minimum absolute atomic E-state index is 0.0686. The first-order valence-electron chi connectivity index (χ1n) is 5.70. The van der Waals surface area contributed by atoms with Crippen LogP contribution in [-0.2, 0) is 4.79 Å². The maximum Gasteiger partial charge on any atom is 0.241 e. The molecule has 1 heterocycles. The Bertz CT molecular complexity index is 241. The highest BCUT2D eigenvalue weighted by Gasteiger charge is 2.41. The molecule has 1 aliphatic heterocycles. The minimum Gasteiger partial charge on any atom is -0.326 e. The molecule has 1 amide bonds. The largest absolute Gasteiger partial charge is 0.326 e. The second-order valence-corrected chi connectivity index (χ2v) is 4.77. The van der Waals surface area contributed by atoms with Crippen molar-refractivity contribution in [2.45, 2.75) is 45.8 Å². The van der Waals surface area contributed by atoms with Crippen LogP contribution in [0.3, 0.4) is 0 Å². The molecule has 1 saturated carbocycles. The first-order valence-corrected chi connectivity index (χ1v) is 5.70. The molecule has 14 heavy (non-hydrogen) atoms. The lowest BCUT2D eigenvalue weighted by atomic mass is 10.2. The molecule has 0 aromatic carbocycles. The molecule has 1 saturated heterocycles. The molecule has 2 aliphatic rings. The van der Waals surface area contributed by atoms with Gasteiger partial charge in [0.1, 0.15) is 0 Å². The maximum absolute atomic E-state index is 11.9. The van der Waals surface area contributed by atoms with Gasteiger partial charge in [-0.15, -0.1) is 0 Å². The molecular weight excluding hydrogens is 176 g/mol. The predicted octanol–water partition coefficient (Wildman–Crippen LogP) is 1.20. The average molecular weight is 196 g/mol. The fraction of sp³-hybridized carbons (Fsp3) is 0.909. The second kappa shape index (κ2) is 3.54. The summed E-state index contributed by atoms with van der Waals surface area (Å²) in [7, 11) is 0. The number of carbonyl (C=O) groups is 1. The number of carbonyl (C=O) groups excluding carboxylic acids is 1. The molecule has 2 rings (SSSR count). The summed E-state index contributed by atoms with van der Waals surface area (Å²) in [6.45, 7) is 7.37. The molecule has 1 aliphatic carbocycles. The van der Waals surface area contributed by atoms with E-state index in [0.717, 1.165) is 24.8 Å². The zero-order valence-corrected chi connectivity index (χ0v) is 9.29. The SMILES string of the molecule is CCC1NC(C)N(CC2CC2C)C1=O. The quantitative estimate of drug-likeness (QED) is 0.735. The van der Waals surface area contributed by atoms with Crippen LogP contribution >= 0.6 is 0 Å². The van der Waals surface area contributed by atoms with Crippen LogP contribution < -0.4 is 5.32 Å². The Hall–Kier alpha value is -0.570. The molecule has 2 fully saturated rings. The Balaban J connectivity index is 1.94. The van der Waals surface area contributed by atoms with Gasteiger partial charge >= 0.3 is 0 Å². The number of hydrogen-bond donors (Lipinski definition) is 1. The van der Waals surface area contributed by atoms with Gasteiger partial charge in [0, 0.05) is 6.54 Å². The van der Waals surface area contributed by atoms with Crippen LogP contribution in [0.2, 0.25) is 0 Å². The van der Waals surface area contributed by atoms with Crippen molar-refractivity contribution in [2.24, 2.45) is 11.8 Å². The van der Waals surface area contributed by atoms with Crippen molar-refractivity contribution >= 4 is 5.91 Å². The summed E-state index contributed by atoms with van der Waals surface area (Å²) in [5, 5.41) is 3.33. The first kappa shape index (κ1) is 9.97. The Labute approximate surface area is 85.8 Å². The van der Waals surface area contributed by atoms with E-state index in [1.807, 2.05) is 4.90 Å². The van der Waals surface area contributed by atoms with Crippen molar-refractivity contribution in [1.82, 2.24) is 10.2 Å². The van der Waals surface area contributed by atoms with Gasteiger partial charge in [0.15, 0.2) is 0 Å². The van der Waals surface area contributed by atoms with Crippen molar-refractivity contribution in [3.63, 3.8) is 0 Å². The fourth-order valence-corrected chi connectivity index (χ4v) is 2.29. The molecular formula is C11H20N2O. The number of rotatable bonds is 3. The maximum atomic E-state index is 11.9. The molecule has 3 nitrogen and oxygen atoms in total. The van der Waals surface area contributed by atoms with Crippen molar-refractivity contribution < 1.29 is 4.79 Å². The van der Waals surface area contributed by atoms with Gasteiger partial charge in [0.25, 0.3) is 0 Å². The van der Waals surface area contributed by atoms with Gasteiger partial charge in [-0.25, -0.2) is 0 Å². The van der Waals surface area contributed by atoms with Gasteiger partial charge in [0.2, 0.25) is 5.91 Å². The van der Waals surface area contributed by atoms with Crippen LogP contribution in [0.1, 0.15) is 33.6 Å². The minimum atomic E-state index is 0.0686. The van der Waals surface area contributed by atoms with Crippen LogP contribution in [0.4, 0.5) is 0 Å². The van der Waals surface area contributed by atoms with Gasteiger partial charge < -0.3 is 4.90 Å². The summed E-state index contributed by atoms with van der Waals surface area (Å²) in [6, 6.07) is 0.0686. The Morgan fingerprint density at radius 2 is 2.14 bits per heavy atom. The average Bonchev–Trinajstić information content (AvgIpc) is 2.78. The lowest BCUT2D eigenvalue weighted by molar-refractivity contribution is -0.130. The van der Waals surface area contributed by atoms with Gasteiger partial charge in [-0.2, -0.15) is 0 Å². The number of nitrogens with zero attached hydrogens (tertiary/aromatic N) is 1. The summed E-state index contributed by atoms with van der Waals surface area (Å²) in [6.07, 6.45) is 2.44. The van der Waals surface area contributed by atoms with Crippen molar-refractivity contribution in [3.05, 3.63) is 0 Å². The Morgan fingerprint density at radius 3 is 2.57 bits per heavy atom. The van der Waals surface area contributed by atoms with E-state index in [-0.39, 0.29) is 12.2 Å². The highest BCUT2D eigenvalue weighted by atomic mass is 16.2. The van der Waals surface area contributed by atoms with Crippen LogP contribution in [-0.4, -0.2) is 29.6 Å². The normalized spacial score (nSPS) is 41.9. The topological polar surface area (TPSA) is 32.3 Å². The van der Waals surface area contributed by atoms with E-state index in [4.69, 9.17) is 0 Å². The molecule has 4 unspecified atom stereocenters. The van der Waals surface area contributed by atoms with Crippen LogP contribution in [0, 0.1) is 11.8 Å². The smallest absolute Gasteiger partial charge is 0.241 e. The van der Waals surface area contributed by atoms with Crippen molar-refractivity contribution in [3.8, 4) is 0 Å². The van der Waals surface area contributed by atoms with Gasteiger partial charge in [-0.3, -0.25) is 10.1 Å². The van der Waals surface area contributed by atoms with Crippen LogP contribution in [0.15, 0.2) is 0 Å².